The van der Waals surface area contributed by atoms with E-state index in [2.05, 4.69) is 5.32 Å². The summed E-state index contributed by atoms with van der Waals surface area (Å²) in [6, 6.07) is 4.60. The molecule has 0 heterocycles. The van der Waals surface area contributed by atoms with Crippen LogP contribution in [0.4, 0.5) is 0 Å². The van der Waals surface area contributed by atoms with Crippen molar-refractivity contribution >= 4 is 35.0 Å². The molecule has 1 aliphatic carbocycles. The fourth-order valence-corrected chi connectivity index (χ4v) is 2.48. The molecule has 4 N–H and O–H groups in total. The minimum Gasteiger partial charge on any atom is -0.388 e. The van der Waals surface area contributed by atoms with E-state index in [9.17, 15) is 14.7 Å². The Labute approximate surface area is 126 Å². The second-order valence-corrected chi connectivity index (χ2v) is 5.79. The molecule has 0 radical (unpaired) electrons. The second kappa shape index (κ2) is 5.60. The van der Waals surface area contributed by atoms with E-state index >= 15 is 0 Å². The van der Waals surface area contributed by atoms with Crippen molar-refractivity contribution in [3.05, 3.63) is 33.8 Å². The van der Waals surface area contributed by atoms with E-state index in [4.69, 9.17) is 28.9 Å². The summed E-state index contributed by atoms with van der Waals surface area (Å²) in [5, 5.41) is 13.3. The molecular weight excluding hydrogens is 303 g/mol. The number of aliphatic hydroxyl groups is 1. The molecule has 1 saturated carbocycles. The maximum Gasteiger partial charge on any atom is 0.243 e. The van der Waals surface area contributed by atoms with Crippen molar-refractivity contribution in [2.45, 2.75) is 30.9 Å². The first-order valence-corrected chi connectivity index (χ1v) is 6.83. The third kappa shape index (κ3) is 3.42. The maximum absolute atomic E-state index is 11.8. The van der Waals surface area contributed by atoms with Gasteiger partial charge in [-0.25, -0.2) is 0 Å². The molecule has 5 nitrogen and oxygen atoms in total. The molecule has 7 heteroatoms. The Morgan fingerprint density at radius 1 is 1.30 bits per heavy atom. The number of primary amides is 1. The third-order valence-corrected chi connectivity index (χ3v) is 3.69. The Kier molecular flexibility index (Phi) is 4.22. The third-order valence-electron chi connectivity index (χ3n) is 3.25. The molecule has 0 aromatic heterocycles. The number of benzene rings is 1. The first kappa shape index (κ1) is 15.1. The predicted molar refractivity (Wildman–Crippen MR) is 75.3 cm³/mol. The van der Waals surface area contributed by atoms with Gasteiger partial charge in [0.05, 0.1) is 12.5 Å². The number of nitrogens with one attached hydrogen (secondary N) is 1. The average Bonchev–Trinajstić information content (AvgIpc) is 3.08. The zero-order chi connectivity index (χ0) is 14.9. The van der Waals surface area contributed by atoms with Gasteiger partial charge in [0.1, 0.15) is 5.54 Å². The average molecular weight is 317 g/mol. The summed E-state index contributed by atoms with van der Waals surface area (Å²) in [5.74, 6) is -0.990. The Hall–Kier alpha value is -1.30. The lowest BCUT2D eigenvalue weighted by molar-refractivity contribution is -0.129. The van der Waals surface area contributed by atoms with Gasteiger partial charge in [-0.1, -0.05) is 23.2 Å². The normalized spacial score (nSPS) is 17.4. The van der Waals surface area contributed by atoms with Crippen LogP contribution in [0.1, 0.15) is 30.9 Å². The Bertz CT molecular complexity index is 538. The summed E-state index contributed by atoms with van der Waals surface area (Å²) < 4.78 is 0. The molecule has 2 rings (SSSR count). The zero-order valence-electron chi connectivity index (χ0n) is 10.5. The molecule has 0 saturated heterocycles. The maximum atomic E-state index is 11.8. The molecule has 0 spiro atoms. The van der Waals surface area contributed by atoms with Crippen molar-refractivity contribution in [3.8, 4) is 0 Å². The number of rotatable bonds is 5. The molecule has 0 bridgehead atoms. The molecule has 1 unspecified atom stereocenters. The van der Waals surface area contributed by atoms with E-state index in [1.807, 2.05) is 0 Å². The summed E-state index contributed by atoms with van der Waals surface area (Å²) in [4.78, 5) is 23.0. The first-order chi connectivity index (χ1) is 9.32. The van der Waals surface area contributed by atoms with Crippen LogP contribution >= 0.6 is 23.2 Å². The Morgan fingerprint density at radius 2 is 1.85 bits per heavy atom. The summed E-state index contributed by atoms with van der Waals surface area (Å²) in [5.41, 5.74) is 4.73. The Morgan fingerprint density at radius 3 is 2.30 bits per heavy atom. The van der Waals surface area contributed by atoms with E-state index in [0.29, 0.717) is 28.5 Å². The topological polar surface area (TPSA) is 92.4 Å². The smallest absolute Gasteiger partial charge is 0.243 e. The fourth-order valence-electron chi connectivity index (χ4n) is 1.94. The molecule has 1 aromatic rings. The largest absolute Gasteiger partial charge is 0.388 e. The molecule has 1 aliphatic rings. The highest BCUT2D eigenvalue weighted by Crippen LogP contribution is 2.35. The second-order valence-electron chi connectivity index (χ2n) is 4.92. The highest BCUT2D eigenvalue weighted by atomic mass is 35.5. The van der Waals surface area contributed by atoms with Gasteiger partial charge in [-0.05, 0) is 36.6 Å². The molecule has 2 amide bonds. The van der Waals surface area contributed by atoms with Gasteiger partial charge in [0.2, 0.25) is 11.8 Å². The van der Waals surface area contributed by atoms with Gasteiger partial charge in [0.15, 0.2) is 0 Å². The number of aliphatic hydroxyl groups excluding tert-OH is 1. The number of carbonyl (C=O) groups is 2. The number of hydrogen-bond donors (Lipinski definition) is 3. The summed E-state index contributed by atoms with van der Waals surface area (Å²) in [7, 11) is 0. The van der Waals surface area contributed by atoms with Crippen LogP contribution in [0, 0.1) is 0 Å². The standard InChI is InChI=1S/C13H14Cl2N2O3/c14-8-3-7(4-9(15)5-8)10(18)6-11(19)17-13(1-2-13)12(16)20/h3-5,10,18H,1-2,6H2,(H2,16,20)(H,17,19). The quantitative estimate of drug-likeness (QED) is 0.769. The van der Waals surface area contributed by atoms with Gasteiger partial charge in [0, 0.05) is 10.0 Å². The molecule has 1 aromatic carbocycles. The van der Waals surface area contributed by atoms with E-state index in [1.54, 1.807) is 0 Å². The van der Waals surface area contributed by atoms with Crippen LogP contribution in [-0.4, -0.2) is 22.5 Å². The summed E-state index contributed by atoms with van der Waals surface area (Å²) in [6.07, 6.45) is -0.165. The van der Waals surface area contributed by atoms with Crippen molar-refractivity contribution in [1.29, 1.82) is 0 Å². The van der Waals surface area contributed by atoms with Gasteiger partial charge < -0.3 is 16.2 Å². The Balaban J connectivity index is 1.99. The number of amides is 2. The highest BCUT2D eigenvalue weighted by Gasteiger charge is 2.49. The fraction of sp³-hybridized carbons (Fsp3) is 0.385. The molecule has 1 fully saturated rings. The van der Waals surface area contributed by atoms with Gasteiger partial charge in [-0.15, -0.1) is 0 Å². The first-order valence-electron chi connectivity index (χ1n) is 6.07. The lowest BCUT2D eigenvalue weighted by atomic mass is 10.1. The highest BCUT2D eigenvalue weighted by molar-refractivity contribution is 6.34. The van der Waals surface area contributed by atoms with Crippen LogP contribution in [0.15, 0.2) is 18.2 Å². The van der Waals surface area contributed by atoms with Crippen LogP contribution < -0.4 is 11.1 Å². The minimum absolute atomic E-state index is 0.189. The van der Waals surface area contributed by atoms with Crippen LogP contribution in [0.3, 0.4) is 0 Å². The van der Waals surface area contributed by atoms with Crippen molar-refractivity contribution in [1.82, 2.24) is 5.32 Å². The predicted octanol–water partition coefficient (Wildman–Crippen LogP) is 1.55. The van der Waals surface area contributed by atoms with E-state index < -0.39 is 23.5 Å². The number of carbonyl (C=O) groups excluding carboxylic acids is 2. The number of nitrogens with two attached hydrogens (primary N) is 1. The van der Waals surface area contributed by atoms with Crippen LogP contribution in [0.25, 0.3) is 0 Å². The van der Waals surface area contributed by atoms with E-state index in [0.717, 1.165) is 0 Å². The van der Waals surface area contributed by atoms with Crippen molar-refractivity contribution in [3.63, 3.8) is 0 Å². The van der Waals surface area contributed by atoms with Crippen molar-refractivity contribution in [2.75, 3.05) is 0 Å². The summed E-state index contributed by atoms with van der Waals surface area (Å²) in [6.45, 7) is 0. The lowest BCUT2D eigenvalue weighted by Gasteiger charge is -2.16. The lowest BCUT2D eigenvalue weighted by Crippen LogP contribution is -2.47. The minimum atomic E-state index is -1.05. The van der Waals surface area contributed by atoms with Gasteiger partial charge in [-0.2, -0.15) is 0 Å². The van der Waals surface area contributed by atoms with Gasteiger partial charge >= 0.3 is 0 Å². The zero-order valence-corrected chi connectivity index (χ0v) is 12.0. The van der Waals surface area contributed by atoms with Crippen LogP contribution in [0.2, 0.25) is 10.0 Å². The van der Waals surface area contributed by atoms with Gasteiger partial charge in [0.25, 0.3) is 0 Å². The molecule has 108 valence electrons. The molecule has 20 heavy (non-hydrogen) atoms. The number of halogens is 2. The molecule has 0 aliphatic heterocycles. The van der Waals surface area contributed by atoms with E-state index in [-0.39, 0.29) is 6.42 Å². The van der Waals surface area contributed by atoms with Crippen LogP contribution in [0.5, 0.6) is 0 Å². The van der Waals surface area contributed by atoms with Gasteiger partial charge in [-0.3, -0.25) is 9.59 Å². The molecular formula is C13H14Cl2N2O3. The van der Waals surface area contributed by atoms with Crippen molar-refractivity contribution < 1.29 is 14.7 Å². The van der Waals surface area contributed by atoms with Crippen molar-refractivity contribution in [2.24, 2.45) is 5.73 Å². The van der Waals surface area contributed by atoms with Crippen LogP contribution in [-0.2, 0) is 9.59 Å². The van der Waals surface area contributed by atoms with E-state index in [1.165, 1.54) is 18.2 Å². The SMILES string of the molecule is NC(=O)C1(NC(=O)CC(O)c2cc(Cl)cc(Cl)c2)CC1. The monoisotopic (exact) mass is 316 g/mol. The summed E-state index contributed by atoms with van der Waals surface area (Å²) >= 11 is 11.7. The number of hydrogen-bond acceptors (Lipinski definition) is 3. The molecule has 1 atom stereocenters.